The second kappa shape index (κ2) is 10.1. The zero-order chi connectivity index (χ0) is 20.8. The lowest BCUT2D eigenvalue weighted by Gasteiger charge is -2.36. The molecule has 1 aromatic carbocycles. The number of aryl methyl sites for hydroxylation is 1. The van der Waals surface area contributed by atoms with Crippen LogP contribution < -0.4 is 4.90 Å². The monoisotopic (exact) mass is 406 g/mol. The number of hydrogen-bond donors (Lipinski definition) is 0. The number of nitrogens with zero attached hydrogens (tertiary/aromatic N) is 4. The fourth-order valence-corrected chi connectivity index (χ4v) is 4.69. The fraction of sp³-hybridized carbons (Fsp3) is 0.520. The number of amides is 1. The van der Waals surface area contributed by atoms with Crippen molar-refractivity contribution in [1.29, 1.82) is 0 Å². The SMILES string of the molecule is Cc1ccc(CN2CCC[C@@H](CCC(=O)N3CCN(c4ccccn4)CC3)C2)cc1. The Morgan fingerprint density at radius 2 is 1.83 bits per heavy atom. The Kier molecular flexibility index (Phi) is 7.00. The highest BCUT2D eigenvalue weighted by molar-refractivity contribution is 5.76. The molecule has 3 heterocycles. The Morgan fingerprint density at radius 1 is 1.03 bits per heavy atom. The number of carbonyl (C=O) groups excluding carboxylic acids is 1. The highest BCUT2D eigenvalue weighted by Gasteiger charge is 2.24. The van der Waals surface area contributed by atoms with Gasteiger partial charge in [0.25, 0.3) is 0 Å². The van der Waals surface area contributed by atoms with Crippen LogP contribution in [0.5, 0.6) is 0 Å². The van der Waals surface area contributed by atoms with Crippen LogP contribution in [-0.2, 0) is 11.3 Å². The second-order valence-corrected chi connectivity index (χ2v) is 8.82. The third kappa shape index (κ3) is 5.60. The van der Waals surface area contributed by atoms with E-state index in [4.69, 9.17) is 0 Å². The standard InChI is InChI=1S/C25H34N4O/c1-21-7-9-23(10-8-21)20-27-14-4-5-22(19-27)11-12-25(30)29-17-15-28(16-18-29)24-6-2-3-13-26-24/h2-3,6-10,13,22H,4-5,11-12,14-20H2,1H3/t22-/m0/s1. The van der Waals surface area contributed by atoms with Crippen molar-refractivity contribution in [2.24, 2.45) is 5.92 Å². The summed E-state index contributed by atoms with van der Waals surface area (Å²) in [7, 11) is 0. The van der Waals surface area contributed by atoms with Gasteiger partial charge >= 0.3 is 0 Å². The summed E-state index contributed by atoms with van der Waals surface area (Å²) in [6.45, 7) is 8.81. The molecule has 1 amide bonds. The van der Waals surface area contributed by atoms with Crippen molar-refractivity contribution in [3.8, 4) is 0 Å². The van der Waals surface area contributed by atoms with Gasteiger partial charge in [0.2, 0.25) is 5.91 Å². The Bertz CT molecular complexity index is 800. The third-order valence-corrected chi connectivity index (χ3v) is 6.50. The lowest BCUT2D eigenvalue weighted by molar-refractivity contribution is -0.131. The largest absolute Gasteiger partial charge is 0.353 e. The van der Waals surface area contributed by atoms with E-state index in [1.54, 1.807) is 0 Å². The van der Waals surface area contributed by atoms with E-state index in [0.717, 1.165) is 51.5 Å². The molecule has 0 saturated carbocycles. The van der Waals surface area contributed by atoms with Crippen LogP contribution in [0.3, 0.4) is 0 Å². The molecule has 2 saturated heterocycles. The average molecular weight is 407 g/mol. The molecule has 2 fully saturated rings. The van der Waals surface area contributed by atoms with Crippen LogP contribution in [0.25, 0.3) is 0 Å². The number of piperazine rings is 1. The van der Waals surface area contributed by atoms with Gasteiger partial charge in [-0.2, -0.15) is 0 Å². The number of pyridine rings is 1. The molecule has 0 radical (unpaired) electrons. The molecule has 2 aliphatic rings. The van der Waals surface area contributed by atoms with Crippen molar-refractivity contribution < 1.29 is 4.79 Å². The first-order valence-electron chi connectivity index (χ1n) is 11.4. The molecule has 0 N–H and O–H groups in total. The minimum absolute atomic E-state index is 0.325. The third-order valence-electron chi connectivity index (χ3n) is 6.50. The van der Waals surface area contributed by atoms with E-state index in [1.165, 1.54) is 30.5 Å². The van der Waals surface area contributed by atoms with Gasteiger partial charge in [0.15, 0.2) is 0 Å². The molecule has 1 atom stereocenters. The highest BCUT2D eigenvalue weighted by Crippen LogP contribution is 2.23. The van der Waals surface area contributed by atoms with Gasteiger partial charge in [-0.25, -0.2) is 4.98 Å². The summed E-state index contributed by atoms with van der Waals surface area (Å²) in [4.78, 5) is 24.1. The van der Waals surface area contributed by atoms with Crippen LogP contribution in [0.4, 0.5) is 5.82 Å². The number of anilines is 1. The van der Waals surface area contributed by atoms with E-state index in [2.05, 4.69) is 46.0 Å². The Hall–Kier alpha value is -2.40. The molecule has 0 aliphatic carbocycles. The lowest BCUT2D eigenvalue weighted by Crippen LogP contribution is -2.49. The summed E-state index contributed by atoms with van der Waals surface area (Å²) in [5.74, 6) is 1.98. The average Bonchev–Trinajstić information content (AvgIpc) is 2.80. The van der Waals surface area contributed by atoms with E-state index in [9.17, 15) is 4.79 Å². The quantitative estimate of drug-likeness (QED) is 0.733. The molecule has 5 heteroatoms. The van der Waals surface area contributed by atoms with Crippen LogP contribution in [0.1, 0.15) is 36.8 Å². The molecule has 0 bridgehead atoms. The minimum Gasteiger partial charge on any atom is -0.353 e. The van der Waals surface area contributed by atoms with Gasteiger partial charge in [-0.3, -0.25) is 9.69 Å². The van der Waals surface area contributed by atoms with Gasteiger partial charge in [-0.15, -0.1) is 0 Å². The minimum atomic E-state index is 0.325. The molecule has 0 unspecified atom stereocenters. The number of benzene rings is 1. The zero-order valence-corrected chi connectivity index (χ0v) is 18.2. The summed E-state index contributed by atoms with van der Waals surface area (Å²) in [6, 6.07) is 14.9. The Labute approximate surface area is 180 Å². The van der Waals surface area contributed by atoms with Gasteiger partial charge in [-0.05, 0) is 56.3 Å². The van der Waals surface area contributed by atoms with Crippen molar-refractivity contribution in [1.82, 2.24) is 14.8 Å². The lowest BCUT2D eigenvalue weighted by atomic mass is 9.92. The number of hydrogen-bond acceptors (Lipinski definition) is 4. The van der Waals surface area contributed by atoms with Crippen LogP contribution >= 0.6 is 0 Å². The number of carbonyl (C=O) groups is 1. The smallest absolute Gasteiger partial charge is 0.222 e. The van der Waals surface area contributed by atoms with Crippen molar-refractivity contribution >= 4 is 11.7 Å². The molecule has 2 aromatic rings. The first-order chi connectivity index (χ1) is 14.7. The second-order valence-electron chi connectivity index (χ2n) is 8.82. The van der Waals surface area contributed by atoms with Crippen LogP contribution in [-0.4, -0.2) is 60.0 Å². The predicted octanol–water partition coefficient (Wildman–Crippen LogP) is 3.73. The first kappa shape index (κ1) is 20.9. The van der Waals surface area contributed by atoms with E-state index < -0.39 is 0 Å². The predicted molar refractivity (Wildman–Crippen MR) is 121 cm³/mol. The van der Waals surface area contributed by atoms with E-state index in [1.807, 2.05) is 29.3 Å². The van der Waals surface area contributed by atoms with Crippen molar-refractivity contribution in [2.75, 3.05) is 44.2 Å². The van der Waals surface area contributed by atoms with Gasteiger partial charge in [0, 0.05) is 51.9 Å². The molecule has 1 aromatic heterocycles. The van der Waals surface area contributed by atoms with Crippen LogP contribution in [0.15, 0.2) is 48.7 Å². The molecule has 160 valence electrons. The Morgan fingerprint density at radius 3 is 2.57 bits per heavy atom. The summed E-state index contributed by atoms with van der Waals surface area (Å²) in [6.07, 6.45) is 6.04. The van der Waals surface area contributed by atoms with Crippen molar-refractivity contribution in [3.63, 3.8) is 0 Å². The highest BCUT2D eigenvalue weighted by atomic mass is 16.2. The number of rotatable bonds is 6. The zero-order valence-electron chi connectivity index (χ0n) is 18.2. The van der Waals surface area contributed by atoms with Crippen molar-refractivity contribution in [3.05, 3.63) is 59.8 Å². The topological polar surface area (TPSA) is 39.7 Å². The number of likely N-dealkylation sites (tertiary alicyclic amines) is 1. The summed E-state index contributed by atoms with van der Waals surface area (Å²) >= 11 is 0. The van der Waals surface area contributed by atoms with Crippen LogP contribution in [0, 0.1) is 12.8 Å². The number of aromatic nitrogens is 1. The van der Waals surface area contributed by atoms with Gasteiger partial charge < -0.3 is 9.80 Å². The molecular weight excluding hydrogens is 372 g/mol. The van der Waals surface area contributed by atoms with Crippen LogP contribution in [0.2, 0.25) is 0 Å². The maximum absolute atomic E-state index is 12.8. The van der Waals surface area contributed by atoms with Gasteiger partial charge in [-0.1, -0.05) is 35.9 Å². The van der Waals surface area contributed by atoms with Gasteiger partial charge in [0.05, 0.1) is 0 Å². The normalized spacial score (nSPS) is 20.4. The molecule has 0 spiro atoms. The Balaban J connectivity index is 1.20. The molecular formula is C25H34N4O. The van der Waals surface area contributed by atoms with E-state index >= 15 is 0 Å². The fourth-order valence-electron chi connectivity index (χ4n) is 4.69. The summed E-state index contributed by atoms with van der Waals surface area (Å²) < 4.78 is 0. The summed E-state index contributed by atoms with van der Waals surface area (Å²) in [5, 5.41) is 0. The molecule has 2 aliphatic heterocycles. The molecule has 30 heavy (non-hydrogen) atoms. The number of piperidine rings is 1. The van der Waals surface area contributed by atoms with E-state index in [0.29, 0.717) is 18.2 Å². The molecule has 5 nitrogen and oxygen atoms in total. The van der Waals surface area contributed by atoms with Gasteiger partial charge in [0.1, 0.15) is 5.82 Å². The van der Waals surface area contributed by atoms with Crippen molar-refractivity contribution in [2.45, 2.75) is 39.2 Å². The molecule has 4 rings (SSSR count). The summed E-state index contributed by atoms with van der Waals surface area (Å²) in [5.41, 5.74) is 2.71. The maximum Gasteiger partial charge on any atom is 0.222 e. The van der Waals surface area contributed by atoms with E-state index in [-0.39, 0.29) is 0 Å². The first-order valence-corrected chi connectivity index (χ1v) is 11.4. The maximum atomic E-state index is 12.8.